The van der Waals surface area contributed by atoms with E-state index in [1.54, 1.807) is 36.4 Å². The summed E-state index contributed by atoms with van der Waals surface area (Å²) >= 11 is 0. The number of alkyl halides is 3. The Hall–Kier alpha value is -3.42. The van der Waals surface area contributed by atoms with Gasteiger partial charge in [0.15, 0.2) is 5.69 Å². The number of para-hydroxylation sites is 1. The van der Waals surface area contributed by atoms with Gasteiger partial charge in [0.2, 0.25) is 0 Å². The zero-order chi connectivity index (χ0) is 20.3. The van der Waals surface area contributed by atoms with Gasteiger partial charge in [-0.15, -0.1) is 0 Å². The number of halogens is 3. The second-order valence-electron chi connectivity index (χ2n) is 5.94. The molecule has 1 aromatic heterocycles. The Morgan fingerprint density at radius 3 is 2.29 bits per heavy atom. The summed E-state index contributed by atoms with van der Waals surface area (Å²) in [4.78, 5) is 23.7. The van der Waals surface area contributed by atoms with Gasteiger partial charge in [0, 0.05) is 23.7 Å². The molecule has 0 saturated carbocycles. The number of ketones is 1. The van der Waals surface area contributed by atoms with E-state index >= 15 is 0 Å². The SMILES string of the molecule is COC(=O)C(=O)c1ccccc1Cc1cn(-c2ccccc2)nc1C(F)(F)F. The summed E-state index contributed by atoms with van der Waals surface area (Å²) in [6, 6.07) is 14.4. The molecule has 3 rings (SSSR count). The lowest BCUT2D eigenvalue weighted by atomic mass is 9.97. The molecule has 28 heavy (non-hydrogen) atoms. The van der Waals surface area contributed by atoms with Crippen molar-refractivity contribution in [3.05, 3.63) is 83.2 Å². The van der Waals surface area contributed by atoms with Gasteiger partial charge < -0.3 is 4.74 Å². The first-order valence-corrected chi connectivity index (χ1v) is 8.23. The Morgan fingerprint density at radius 2 is 1.64 bits per heavy atom. The molecule has 144 valence electrons. The van der Waals surface area contributed by atoms with E-state index in [9.17, 15) is 22.8 Å². The van der Waals surface area contributed by atoms with E-state index < -0.39 is 23.6 Å². The summed E-state index contributed by atoms with van der Waals surface area (Å²) in [5.74, 6) is -1.99. The molecule has 0 radical (unpaired) electrons. The van der Waals surface area contributed by atoms with Crippen LogP contribution in [0.25, 0.3) is 5.69 Å². The molecule has 8 heteroatoms. The molecule has 3 aromatic rings. The number of esters is 1. The molecule has 2 aromatic carbocycles. The smallest absolute Gasteiger partial charge is 0.435 e. The van der Waals surface area contributed by atoms with Crippen molar-refractivity contribution >= 4 is 11.8 Å². The van der Waals surface area contributed by atoms with Crippen molar-refractivity contribution in [1.29, 1.82) is 0 Å². The number of rotatable bonds is 5. The largest absolute Gasteiger partial charge is 0.463 e. The molecule has 0 aliphatic heterocycles. The maximum Gasteiger partial charge on any atom is 0.435 e. The van der Waals surface area contributed by atoms with Crippen LogP contribution < -0.4 is 0 Å². The number of hydrogen-bond acceptors (Lipinski definition) is 4. The lowest BCUT2D eigenvalue weighted by Gasteiger charge is -2.09. The minimum absolute atomic E-state index is 0.00469. The molecule has 0 fully saturated rings. The highest BCUT2D eigenvalue weighted by Gasteiger charge is 2.37. The van der Waals surface area contributed by atoms with E-state index in [0.29, 0.717) is 5.69 Å². The topological polar surface area (TPSA) is 61.2 Å². The summed E-state index contributed by atoms with van der Waals surface area (Å²) in [5.41, 5.74) is -0.415. The molecule has 0 unspecified atom stereocenters. The van der Waals surface area contributed by atoms with Crippen LogP contribution in [-0.4, -0.2) is 28.6 Å². The first-order chi connectivity index (χ1) is 13.3. The number of aromatic nitrogens is 2. The molecule has 0 N–H and O–H groups in total. The Balaban J connectivity index is 2.05. The van der Waals surface area contributed by atoms with Gasteiger partial charge in [0.1, 0.15) is 0 Å². The van der Waals surface area contributed by atoms with E-state index in [1.165, 1.54) is 24.4 Å². The van der Waals surface area contributed by atoms with Crippen LogP contribution in [0, 0.1) is 0 Å². The molecule has 0 amide bonds. The van der Waals surface area contributed by atoms with Crippen LogP contribution >= 0.6 is 0 Å². The summed E-state index contributed by atoms with van der Waals surface area (Å²) in [6.07, 6.45) is -3.62. The highest BCUT2D eigenvalue weighted by molar-refractivity contribution is 6.41. The number of Topliss-reactive ketones (excluding diaryl/α,β-unsaturated/α-hetero) is 1. The second kappa shape index (κ2) is 7.67. The number of hydrogen-bond donors (Lipinski definition) is 0. The molecule has 1 heterocycles. The minimum Gasteiger partial charge on any atom is -0.463 e. The quantitative estimate of drug-likeness (QED) is 0.379. The molecule has 0 aliphatic rings. The molecule has 0 saturated heterocycles. The van der Waals surface area contributed by atoms with E-state index in [2.05, 4.69) is 9.84 Å². The maximum atomic E-state index is 13.5. The number of methoxy groups -OCH3 is 1. The molecule has 0 spiro atoms. The number of carbonyl (C=O) groups is 2. The van der Waals surface area contributed by atoms with E-state index in [0.717, 1.165) is 11.8 Å². The zero-order valence-electron chi connectivity index (χ0n) is 14.7. The Morgan fingerprint density at radius 1 is 1.00 bits per heavy atom. The normalized spacial score (nSPS) is 11.3. The van der Waals surface area contributed by atoms with Gasteiger partial charge in [-0.3, -0.25) is 4.79 Å². The molecule has 5 nitrogen and oxygen atoms in total. The summed E-state index contributed by atoms with van der Waals surface area (Å²) in [5, 5.41) is 3.69. The van der Waals surface area contributed by atoms with E-state index in [4.69, 9.17) is 0 Å². The van der Waals surface area contributed by atoms with Gasteiger partial charge in [0.05, 0.1) is 12.8 Å². The van der Waals surface area contributed by atoms with Crippen LogP contribution in [-0.2, 0) is 22.1 Å². The van der Waals surface area contributed by atoms with Crippen LogP contribution in [0.1, 0.15) is 27.2 Å². The standard InChI is InChI=1S/C20H15F3N2O3/c1-28-19(27)17(26)16-10-6-5-7-13(16)11-14-12-25(15-8-3-2-4-9-15)24-18(14)20(21,22)23/h2-10,12H,11H2,1H3. The lowest BCUT2D eigenvalue weighted by molar-refractivity contribution is -0.142. The van der Waals surface area contributed by atoms with Gasteiger partial charge in [-0.2, -0.15) is 18.3 Å². The predicted molar refractivity (Wildman–Crippen MR) is 94.2 cm³/mol. The molecular formula is C20H15F3N2O3. The Bertz CT molecular complexity index is 1010. The van der Waals surface area contributed by atoms with Crippen molar-refractivity contribution in [2.45, 2.75) is 12.6 Å². The third-order valence-corrected chi connectivity index (χ3v) is 4.09. The van der Waals surface area contributed by atoms with Crippen LogP contribution in [0.15, 0.2) is 60.8 Å². The Labute approximate surface area is 158 Å². The monoisotopic (exact) mass is 388 g/mol. The zero-order valence-corrected chi connectivity index (χ0v) is 14.7. The maximum absolute atomic E-state index is 13.5. The van der Waals surface area contributed by atoms with E-state index in [-0.39, 0.29) is 23.1 Å². The van der Waals surface area contributed by atoms with Gasteiger partial charge in [-0.25, -0.2) is 9.48 Å². The van der Waals surface area contributed by atoms with Crippen molar-refractivity contribution in [3.8, 4) is 5.69 Å². The average molecular weight is 388 g/mol. The first-order valence-electron chi connectivity index (χ1n) is 8.23. The van der Waals surface area contributed by atoms with Gasteiger partial charge in [0.25, 0.3) is 5.78 Å². The first kappa shape index (κ1) is 19.3. The Kier molecular flexibility index (Phi) is 5.30. The van der Waals surface area contributed by atoms with Crippen LogP contribution in [0.3, 0.4) is 0 Å². The number of ether oxygens (including phenoxy) is 1. The molecular weight excluding hydrogens is 373 g/mol. The predicted octanol–water partition coefficient (Wildman–Crippen LogP) is 3.84. The van der Waals surface area contributed by atoms with Crippen molar-refractivity contribution in [2.75, 3.05) is 7.11 Å². The van der Waals surface area contributed by atoms with E-state index in [1.807, 2.05) is 0 Å². The number of nitrogens with zero attached hydrogens (tertiary/aromatic N) is 2. The highest BCUT2D eigenvalue weighted by atomic mass is 19.4. The minimum atomic E-state index is -4.67. The van der Waals surface area contributed by atoms with Crippen LogP contribution in [0.2, 0.25) is 0 Å². The van der Waals surface area contributed by atoms with Crippen molar-refractivity contribution in [3.63, 3.8) is 0 Å². The van der Waals surface area contributed by atoms with Crippen molar-refractivity contribution in [1.82, 2.24) is 9.78 Å². The van der Waals surface area contributed by atoms with Crippen LogP contribution in [0.5, 0.6) is 0 Å². The van der Waals surface area contributed by atoms with Crippen molar-refractivity contribution in [2.24, 2.45) is 0 Å². The molecule has 0 atom stereocenters. The van der Waals surface area contributed by atoms with Gasteiger partial charge >= 0.3 is 12.1 Å². The fourth-order valence-electron chi connectivity index (χ4n) is 2.79. The third kappa shape index (κ3) is 3.95. The second-order valence-corrected chi connectivity index (χ2v) is 5.94. The summed E-state index contributed by atoms with van der Waals surface area (Å²) in [7, 11) is 1.06. The summed E-state index contributed by atoms with van der Waals surface area (Å²) < 4.78 is 46.1. The fourth-order valence-corrected chi connectivity index (χ4v) is 2.79. The molecule has 0 aliphatic carbocycles. The third-order valence-electron chi connectivity index (χ3n) is 4.09. The molecule has 0 bridgehead atoms. The number of carbonyl (C=O) groups excluding carboxylic acids is 2. The highest BCUT2D eigenvalue weighted by Crippen LogP contribution is 2.33. The fraction of sp³-hybridized carbons (Fsp3) is 0.150. The summed E-state index contributed by atoms with van der Waals surface area (Å²) in [6.45, 7) is 0. The van der Waals surface area contributed by atoms with Crippen molar-refractivity contribution < 1.29 is 27.5 Å². The average Bonchev–Trinajstić information content (AvgIpc) is 3.12. The van der Waals surface area contributed by atoms with Crippen LogP contribution in [0.4, 0.5) is 13.2 Å². The number of benzene rings is 2. The lowest BCUT2D eigenvalue weighted by Crippen LogP contribution is -2.18. The van der Waals surface area contributed by atoms with Gasteiger partial charge in [-0.1, -0.05) is 42.5 Å². The van der Waals surface area contributed by atoms with Gasteiger partial charge in [-0.05, 0) is 17.7 Å².